The molecule has 1 aromatic carbocycles. The van der Waals surface area contributed by atoms with Gasteiger partial charge >= 0.3 is 0 Å². The van der Waals surface area contributed by atoms with Crippen molar-refractivity contribution in [2.75, 3.05) is 17.7 Å². The monoisotopic (exact) mass is 250 g/mol. The molecule has 2 aromatic rings. The molecule has 0 aliphatic carbocycles. The maximum absolute atomic E-state index is 13.5. The lowest BCUT2D eigenvalue weighted by atomic mass is 10.2. The lowest BCUT2D eigenvalue weighted by Crippen LogP contribution is -2.26. The smallest absolute Gasteiger partial charge is 0.270 e. The van der Waals surface area contributed by atoms with E-state index >= 15 is 0 Å². The first-order chi connectivity index (χ1) is 8.11. The topological polar surface area (TPSA) is 46.3 Å². The van der Waals surface area contributed by atoms with Crippen LogP contribution in [0.4, 0.5) is 15.8 Å². The van der Waals surface area contributed by atoms with Crippen LogP contribution in [-0.2, 0) is 0 Å². The second-order valence-electron chi connectivity index (χ2n) is 3.52. The standard InChI is InChI=1S/C12H11FN2OS/c1-15(10-5-3-2-4-8(10)13)12(16)11-9(14)6-7-17-11/h2-7H,14H2,1H3. The molecule has 1 aromatic heterocycles. The Morgan fingerprint density at radius 2 is 2.06 bits per heavy atom. The lowest BCUT2D eigenvalue weighted by Gasteiger charge is -2.17. The molecular weight excluding hydrogens is 239 g/mol. The Labute approximate surface area is 102 Å². The highest BCUT2D eigenvalue weighted by Crippen LogP contribution is 2.24. The molecule has 0 aliphatic rings. The summed E-state index contributed by atoms with van der Waals surface area (Å²) in [5.41, 5.74) is 6.33. The van der Waals surface area contributed by atoms with Gasteiger partial charge in [0, 0.05) is 7.05 Å². The van der Waals surface area contributed by atoms with Gasteiger partial charge in [0.1, 0.15) is 10.7 Å². The second kappa shape index (κ2) is 4.55. The molecule has 0 saturated heterocycles. The largest absolute Gasteiger partial charge is 0.397 e. The third kappa shape index (κ3) is 2.14. The van der Waals surface area contributed by atoms with Crippen molar-refractivity contribution in [3.05, 3.63) is 46.4 Å². The third-order valence-electron chi connectivity index (χ3n) is 2.41. The fraction of sp³-hybridized carbons (Fsp3) is 0.0833. The summed E-state index contributed by atoms with van der Waals surface area (Å²) in [6, 6.07) is 7.79. The molecule has 3 nitrogen and oxygen atoms in total. The van der Waals surface area contributed by atoms with Crippen LogP contribution < -0.4 is 10.6 Å². The van der Waals surface area contributed by atoms with E-state index in [2.05, 4.69) is 0 Å². The van der Waals surface area contributed by atoms with Crippen LogP contribution in [-0.4, -0.2) is 13.0 Å². The first-order valence-electron chi connectivity index (χ1n) is 4.97. The Kier molecular flexibility index (Phi) is 3.10. The summed E-state index contributed by atoms with van der Waals surface area (Å²) in [6.45, 7) is 0. The van der Waals surface area contributed by atoms with Crippen molar-refractivity contribution in [1.82, 2.24) is 0 Å². The minimum absolute atomic E-state index is 0.241. The van der Waals surface area contributed by atoms with E-state index in [1.807, 2.05) is 0 Å². The SMILES string of the molecule is CN(C(=O)c1sccc1N)c1ccccc1F. The van der Waals surface area contributed by atoms with E-state index in [0.717, 1.165) is 0 Å². The zero-order valence-corrected chi connectivity index (χ0v) is 10.00. The number of carbonyl (C=O) groups excluding carboxylic acids is 1. The highest BCUT2D eigenvalue weighted by molar-refractivity contribution is 7.12. The van der Waals surface area contributed by atoms with Crippen molar-refractivity contribution in [1.29, 1.82) is 0 Å². The molecule has 1 heterocycles. The number of anilines is 2. The van der Waals surface area contributed by atoms with Gasteiger partial charge in [0.25, 0.3) is 5.91 Å². The predicted molar refractivity (Wildman–Crippen MR) is 67.9 cm³/mol. The number of hydrogen-bond acceptors (Lipinski definition) is 3. The number of amides is 1. The first kappa shape index (κ1) is 11.6. The van der Waals surface area contributed by atoms with E-state index in [1.165, 1.54) is 29.4 Å². The van der Waals surface area contributed by atoms with Crippen LogP contribution in [0.2, 0.25) is 0 Å². The summed E-state index contributed by atoms with van der Waals surface area (Å²) < 4.78 is 13.5. The van der Waals surface area contributed by atoms with E-state index in [-0.39, 0.29) is 11.6 Å². The van der Waals surface area contributed by atoms with Gasteiger partial charge in [0.15, 0.2) is 0 Å². The second-order valence-corrected chi connectivity index (χ2v) is 4.44. The zero-order valence-electron chi connectivity index (χ0n) is 9.18. The number of nitrogens with zero attached hydrogens (tertiary/aromatic N) is 1. The van der Waals surface area contributed by atoms with E-state index in [0.29, 0.717) is 10.6 Å². The summed E-state index contributed by atoms with van der Waals surface area (Å²) in [6.07, 6.45) is 0. The molecule has 17 heavy (non-hydrogen) atoms. The van der Waals surface area contributed by atoms with Gasteiger partial charge in [0.2, 0.25) is 0 Å². The van der Waals surface area contributed by atoms with Crippen LogP contribution in [0.1, 0.15) is 9.67 Å². The number of hydrogen-bond donors (Lipinski definition) is 1. The number of nitrogens with two attached hydrogens (primary N) is 1. The summed E-state index contributed by atoms with van der Waals surface area (Å²) in [5, 5.41) is 1.73. The number of nitrogen functional groups attached to an aromatic ring is 1. The molecule has 0 atom stereocenters. The van der Waals surface area contributed by atoms with Gasteiger partial charge in [-0.05, 0) is 23.6 Å². The highest BCUT2D eigenvalue weighted by atomic mass is 32.1. The molecule has 0 bridgehead atoms. The average molecular weight is 250 g/mol. The van der Waals surface area contributed by atoms with Crippen molar-refractivity contribution in [3.63, 3.8) is 0 Å². The van der Waals surface area contributed by atoms with Crippen molar-refractivity contribution < 1.29 is 9.18 Å². The van der Waals surface area contributed by atoms with Crippen molar-refractivity contribution >= 4 is 28.6 Å². The molecule has 0 aliphatic heterocycles. The average Bonchev–Trinajstić information content (AvgIpc) is 2.74. The number of benzene rings is 1. The summed E-state index contributed by atoms with van der Waals surface area (Å²) >= 11 is 1.25. The molecule has 2 rings (SSSR count). The van der Waals surface area contributed by atoms with E-state index in [9.17, 15) is 9.18 Å². The fourth-order valence-corrected chi connectivity index (χ4v) is 2.27. The maximum atomic E-state index is 13.5. The molecule has 0 saturated carbocycles. The van der Waals surface area contributed by atoms with Crippen LogP contribution in [0, 0.1) is 5.82 Å². The minimum Gasteiger partial charge on any atom is -0.397 e. The number of halogens is 1. The Bertz CT molecular complexity index is 553. The molecule has 0 spiro atoms. The minimum atomic E-state index is -0.432. The van der Waals surface area contributed by atoms with Crippen LogP contribution in [0.5, 0.6) is 0 Å². The molecule has 2 N–H and O–H groups in total. The van der Waals surface area contributed by atoms with E-state index in [4.69, 9.17) is 5.73 Å². The van der Waals surface area contributed by atoms with Crippen LogP contribution in [0.15, 0.2) is 35.7 Å². The van der Waals surface area contributed by atoms with Gasteiger partial charge in [-0.2, -0.15) is 0 Å². The Balaban J connectivity index is 2.33. The van der Waals surface area contributed by atoms with Gasteiger partial charge in [-0.1, -0.05) is 12.1 Å². The highest BCUT2D eigenvalue weighted by Gasteiger charge is 2.19. The quantitative estimate of drug-likeness (QED) is 0.890. The van der Waals surface area contributed by atoms with Gasteiger partial charge in [-0.15, -0.1) is 11.3 Å². The number of para-hydroxylation sites is 1. The van der Waals surface area contributed by atoms with Crippen LogP contribution in [0.25, 0.3) is 0 Å². The van der Waals surface area contributed by atoms with Crippen LogP contribution >= 0.6 is 11.3 Å². The number of rotatable bonds is 2. The first-order valence-corrected chi connectivity index (χ1v) is 5.85. The molecule has 1 amide bonds. The van der Waals surface area contributed by atoms with Gasteiger partial charge in [-0.3, -0.25) is 4.79 Å². The zero-order chi connectivity index (χ0) is 12.4. The van der Waals surface area contributed by atoms with Gasteiger partial charge < -0.3 is 10.6 Å². The summed E-state index contributed by atoms with van der Waals surface area (Å²) in [4.78, 5) is 13.8. The Morgan fingerprint density at radius 1 is 1.35 bits per heavy atom. The van der Waals surface area contributed by atoms with Gasteiger partial charge in [-0.25, -0.2) is 4.39 Å². The fourth-order valence-electron chi connectivity index (χ4n) is 1.48. The molecular formula is C12H11FN2OS. The van der Waals surface area contributed by atoms with E-state index in [1.54, 1.807) is 29.6 Å². The predicted octanol–water partition coefficient (Wildman–Crippen LogP) is 2.75. The number of carbonyl (C=O) groups is 1. The van der Waals surface area contributed by atoms with Crippen molar-refractivity contribution in [3.8, 4) is 0 Å². The summed E-state index contributed by atoms with van der Waals surface area (Å²) in [7, 11) is 1.53. The lowest BCUT2D eigenvalue weighted by molar-refractivity contribution is 0.0997. The van der Waals surface area contributed by atoms with Crippen molar-refractivity contribution in [2.24, 2.45) is 0 Å². The number of thiophene rings is 1. The van der Waals surface area contributed by atoms with E-state index < -0.39 is 5.82 Å². The van der Waals surface area contributed by atoms with Gasteiger partial charge in [0.05, 0.1) is 11.4 Å². The molecule has 0 radical (unpaired) electrons. The molecule has 0 fully saturated rings. The Morgan fingerprint density at radius 3 is 2.65 bits per heavy atom. The van der Waals surface area contributed by atoms with Crippen LogP contribution in [0.3, 0.4) is 0 Å². The molecule has 0 unspecified atom stereocenters. The molecule has 5 heteroatoms. The Hall–Kier alpha value is -1.88. The third-order valence-corrected chi connectivity index (χ3v) is 3.33. The molecule has 88 valence electrons. The summed E-state index contributed by atoms with van der Waals surface area (Å²) in [5.74, 6) is -0.735. The normalized spacial score (nSPS) is 10.2. The maximum Gasteiger partial charge on any atom is 0.270 e. The van der Waals surface area contributed by atoms with Crippen molar-refractivity contribution in [2.45, 2.75) is 0 Å².